The van der Waals surface area contributed by atoms with Gasteiger partial charge in [-0.3, -0.25) is 10.1 Å². The molecule has 7 nitrogen and oxygen atoms in total. The fourth-order valence-electron chi connectivity index (χ4n) is 4.62. The first kappa shape index (κ1) is 22.7. The summed E-state index contributed by atoms with van der Waals surface area (Å²) in [5, 5.41) is 7.69. The molecule has 1 aliphatic heterocycles. The Morgan fingerprint density at radius 1 is 1.23 bits per heavy atom. The molecule has 1 fully saturated rings. The van der Waals surface area contributed by atoms with E-state index in [0.29, 0.717) is 5.92 Å². The van der Waals surface area contributed by atoms with Gasteiger partial charge in [-0.05, 0) is 62.6 Å². The summed E-state index contributed by atoms with van der Waals surface area (Å²) in [6.07, 6.45) is 10.4. The molecule has 0 aromatic carbocycles. The minimum absolute atomic E-state index is 0. The fourth-order valence-corrected chi connectivity index (χ4v) is 4.62. The van der Waals surface area contributed by atoms with Gasteiger partial charge in [-0.15, -0.1) is 24.8 Å². The highest BCUT2D eigenvalue weighted by molar-refractivity contribution is 5.87. The van der Waals surface area contributed by atoms with Gasteiger partial charge >= 0.3 is 0 Å². The van der Waals surface area contributed by atoms with Crippen LogP contribution < -0.4 is 10.6 Å². The van der Waals surface area contributed by atoms with Gasteiger partial charge in [-0.1, -0.05) is 6.92 Å². The molecule has 0 unspecified atom stereocenters. The summed E-state index contributed by atoms with van der Waals surface area (Å²) >= 11 is 0. The number of rotatable bonds is 3. The van der Waals surface area contributed by atoms with Gasteiger partial charge in [-0.2, -0.15) is 5.10 Å². The van der Waals surface area contributed by atoms with Crippen molar-refractivity contribution < 1.29 is 0 Å². The summed E-state index contributed by atoms with van der Waals surface area (Å²) in [4.78, 5) is 16.4. The Hall–Kier alpha value is -1.96. The van der Waals surface area contributed by atoms with Crippen molar-refractivity contribution in [3.05, 3.63) is 35.9 Å². The highest BCUT2D eigenvalue weighted by Crippen LogP contribution is 2.42. The van der Waals surface area contributed by atoms with Crippen LogP contribution in [0.2, 0.25) is 0 Å². The minimum Gasteiger partial charge on any atom is -0.330 e. The SMILES string of the molecule is C[C@]1(CN)CC[C@H](c2cnc3c(N4CCCc5ncccc54)n[nH]c3n2)CC1.Cl.Cl. The topological polar surface area (TPSA) is 96.6 Å². The van der Waals surface area contributed by atoms with Crippen LogP contribution in [0.15, 0.2) is 24.5 Å². The largest absolute Gasteiger partial charge is 0.330 e. The lowest BCUT2D eigenvalue weighted by Gasteiger charge is -2.36. The van der Waals surface area contributed by atoms with Crippen LogP contribution >= 0.6 is 24.8 Å². The van der Waals surface area contributed by atoms with Crippen molar-refractivity contribution in [2.45, 2.75) is 51.4 Å². The van der Waals surface area contributed by atoms with Crippen molar-refractivity contribution >= 4 is 47.5 Å². The number of hydrogen-bond acceptors (Lipinski definition) is 6. The van der Waals surface area contributed by atoms with Crippen molar-refractivity contribution in [3.8, 4) is 0 Å². The number of nitrogens with two attached hydrogens (primary N) is 1. The first-order valence-corrected chi connectivity index (χ1v) is 10.3. The summed E-state index contributed by atoms with van der Waals surface area (Å²) in [6, 6.07) is 4.09. The second-order valence-corrected chi connectivity index (χ2v) is 8.55. The summed E-state index contributed by atoms with van der Waals surface area (Å²) in [7, 11) is 0. The summed E-state index contributed by atoms with van der Waals surface area (Å²) in [5.41, 5.74) is 11.2. The number of aryl methyl sites for hydroxylation is 1. The Bertz CT molecular complexity index is 998. The standard InChI is InChI=1S/C21H27N7.2ClH/c1-21(13-22)8-6-14(7-9-21)16-12-24-18-19(25-16)26-27-20(18)28-11-3-4-15-17(28)5-2-10-23-15;;/h2,5,10,12,14H,3-4,6-9,11,13,22H2,1H3,(H,25,26,27);2*1H/t14-,21-;;. The number of nitrogens with one attached hydrogen (secondary N) is 1. The van der Waals surface area contributed by atoms with E-state index in [0.717, 1.165) is 85.7 Å². The Kier molecular flexibility index (Phi) is 6.84. The summed E-state index contributed by atoms with van der Waals surface area (Å²) in [6.45, 7) is 3.98. The van der Waals surface area contributed by atoms with Crippen LogP contribution in [0.4, 0.5) is 11.5 Å². The average molecular weight is 450 g/mol. The molecule has 0 spiro atoms. The van der Waals surface area contributed by atoms with E-state index in [1.165, 1.54) is 0 Å². The highest BCUT2D eigenvalue weighted by Gasteiger charge is 2.31. The Morgan fingerprint density at radius 2 is 2.03 bits per heavy atom. The van der Waals surface area contributed by atoms with Crippen LogP contribution in [0.5, 0.6) is 0 Å². The predicted octanol–water partition coefficient (Wildman–Crippen LogP) is 4.30. The second-order valence-electron chi connectivity index (χ2n) is 8.55. The maximum Gasteiger partial charge on any atom is 0.183 e. The van der Waals surface area contributed by atoms with Crippen LogP contribution in [0, 0.1) is 5.41 Å². The van der Waals surface area contributed by atoms with Crippen molar-refractivity contribution in [2.75, 3.05) is 18.0 Å². The van der Waals surface area contributed by atoms with Gasteiger partial charge in [-0.25, -0.2) is 9.97 Å². The van der Waals surface area contributed by atoms with Gasteiger partial charge in [0.05, 0.1) is 17.1 Å². The van der Waals surface area contributed by atoms with Gasteiger partial charge in [0.1, 0.15) is 0 Å². The van der Waals surface area contributed by atoms with Crippen LogP contribution in [-0.2, 0) is 6.42 Å². The summed E-state index contributed by atoms with van der Waals surface area (Å²) in [5.74, 6) is 1.31. The number of halogens is 2. The zero-order valence-electron chi connectivity index (χ0n) is 17.2. The molecule has 5 rings (SSSR count). The molecule has 162 valence electrons. The zero-order valence-corrected chi connectivity index (χ0v) is 18.8. The molecular weight excluding hydrogens is 421 g/mol. The monoisotopic (exact) mass is 449 g/mol. The molecule has 3 aromatic rings. The molecule has 2 aliphatic rings. The number of hydrogen-bond donors (Lipinski definition) is 2. The molecule has 1 aliphatic carbocycles. The minimum atomic E-state index is 0. The number of H-pyrrole nitrogens is 1. The van der Waals surface area contributed by atoms with E-state index < -0.39 is 0 Å². The second kappa shape index (κ2) is 9.04. The average Bonchev–Trinajstić information content (AvgIpc) is 3.17. The number of pyridine rings is 1. The molecule has 1 saturated carbocycles. The van der Waals surface area contributed by atoms with Gasteiger partial charge in [0, 0.05) is 24.9 Å². The maximum absolute atomic E-state index is 5.95. The lowest BCUT2D eigenvalue weighted by molar-refractivity contribution is 0.206. The molecule has 3 N–H and O–H groups in total. The third-order valence-electron chi connectivity index (χ3n) is 6.58. The molecular formula is C21H29Cl2N7. The number of fused-ring (bicyclic) bond motifs is 2. The van der Waals surface area contributed by atoms with Gasteiger partial charge < -0.3 is 10.6 Å². The van der Waals surface area contributed by atoms with E-state index in [9.17, 15) is 0 Å². The van der Waals surface area contributed by atoms with Crippen LogP contribution in [-0.4, -0.2) is 38.2 Å². The lowest BCUT2D eigenvalue weighted by Crippen LogP contribution is -2.31. The first-order valence-electron chi connectivity index (χ1n) is 10.3. The van der Waals surface area contributed by atoms with E-state index in [1.54, 1.807) is 0 Å². The fraction of sp³-hybridized carbons (Fsp3) is 0.524. The van der Waals surface area contributed by atoms with Gasteiger partial charge in [0.25, 0.3) is 0 Å². The van der Waals surface area contributed by atoms with Crippen molar-refractivity contribution in [1.29, 1.82) is 0 Å². The molecule has 4 heterocycles. The molecule has 9 heteroatoms. The quantitative estimate of drug-likeness (QED) is 0.618. The third-order valence-corrected chi connectivity index (χ3v) is 6.58. The normalized spacial score (nSPS) is 23.4. The first-order chi connectivity index (χ1) is 13.7. The van der Waals surface area contributed by atoms with E-state index in [1.807, 2.05) is 18.5 Å². The van der Waals surface area contributed by atoms with Crippen molar-refractivity contribution in [3.63, 3.8) is 0 Å². The van der Waals surface area contributed by atoms with Crippen molar-refractivity contribution in [1.82, 2.24) is 25.1 Å². The van der Waals surface area contributed by atoms with Gasteiger partial charge in [0.2, 0.25) is 0 Å². The molecule has 0 amide bonds. The van der Waals surface area contributed by atoms with E-state index >= 15 is 0 Å². The molecule has 3 aromatic heterocycles. The molecule has 0 bridgehead atoms. The van der Waals surface area contributed by atoms with Crippen LogP contribution in [0.1, 0.15) is 56.3 Å². The smallest absolute Gasteiger partial charge is 0.183 e. The predicted molar refractivity (Wildman–Crippen MR) is 124 cm³/mol. The number of aromatic amines is 1. The Labute approximate surface area is 189 Å². The van der Waals surface area contributed by atoms with Crippen LogP contribution in [0.3, 0.4) is 0 Å². The molecule has 30 heavy (non-hydrogen) atoms. The van der Waals surface area contributed by atoms with Gasteiger partial charge in [0.15, 0.2) is 17.0 Å². The van der Waals surface area contributed by atoms with E-state index in [-0.39, 0.29) is 30.2 Å². The third kappa shape index (κ3) is 3.98. The van der Waals surface area contributed by atoms with Crippen molar-refractivity contribution in [2.24, 2.45) is 11.1 Å². The Balaban J connectivity index is 0.00000128. The molecule has 0 atom stereocenters. The zero-order chi connectivity index (χ0) is 19.1. The molecule has 0 saturated heterocycles. The van der Waals surface area contributed by atoms with E-state index in [2.05, 4.69) is 33.1 Å². The number of anilines is 2. The molecule has 0 radical (unpaired) electrons. The van der Waals surface area contributed by atoms with E-state index in [4.69, 9.17) is 15.7 Å². The Morgan fingerprint density at radius 3 is 2.80 bits per heavy atom. The summed E-state index contributed by atoms with van der Waals surface area (Å²) < 4.78 is 0. The maximum atomic E-state index is 5.95. The highest BCUT2D eigenvalue weighted by atomic mass is 35.5. The number of nitrogens with zero attached hydrogens (tertiary/aromatic N) is 5. The number of aromatic nitrogens is 5. The van der Waals surface area contributed by atoms with Crippen LogP contribution in [0.25, 0.3) is 11.2 Å². The lowest BCUT2D eigenvalue weighted by atomic mass is 9.71.